The van der Waals surface area contributed by atoms with Crippen molar-refractivity contribution in [1.29, 1.82) is 0 Å². The van der Waals surface area contributed by atoms with E-state index in [0.717, 1.165) is 6.29 Å². The summed E-state index contributed by atoms with van der Waals surface area (Å²) in [4.78, 5) is 9.17. The van der Waals surface area contributed by atoms with E-state index in [1.54, 1.807) is 0 Å². The van der Waals surface area contributed by atoms with E-state index in [-0.39, 0.29) is 29.6 Å². The fourth-order valence-electron chi connectivity index (χ4n) is 0.342. The Hall–Kier alpha value is -0.110. The quantitative estimate of drug-likeness (QED) is 0.294. The molecule has 0 heterocycles. The van der Waals surface area contributed by atoms with Gasteiger partial charge in [0, 0.05) is 6.42 Å². The van der Waals surface area contributed by atoms with Gasteiger partial charge in [0.15, 0.2) is 0 Å². The Morgan fingerprint density at radius 1 is 1.27 bits per heavy atom. The van der Waals surface area contributed by atoms with Crippen molar-refractivity contribution in [2.75, 3.05) is 0 Å². The first-order valence-electron chi connectivity index (χ1n) is 3.26. The number of rotatable bonds is 1. The van der Waals surface area contributed by atoms with Crippen LogP contribution in [0.5, 0.6) is 0 Å². The number of benzene rings is 1. The van der Waals surface area contributed by atoms with E-state index in [2.05, 4.69) is 6.07 Å². The van der Waals surface area contributed by atoms with Gasteiger partial charge in [0.1, 0.15) is 6.29 Å². The largest absolute Gasteiger partial charge is 1.00 e. The summed E-state index contributed by atoms with van der Waals surface area (Å²) >= 11 is 0. The summed E-state index contributed by atoms with van der Waals surface area (Å²) < 4.78 is 0. The molecule has 0 N–H and O–H groups in total. The van der Waals surface area contributed by atoms with Gasteiger partial charge in [-0.1, -0.05) is 6.92 Å². The molecule has 1 nitrogen and oxygen atoms in total. The molecule has 1 rings (SSSR count). The normalized spacial score (nSPS) is 6.64. The second-order valence-corrected chi connectivity index (χ2v) is 1.65. The van der Waals surface area contributed by atoms with E-state index in [1.165, 1.54) is 0 Å². The minimum Gasteiger partial charge on any atom is -0.303 e. The van der Waals surface area contributed by atoms with E-state index >= 15 is 0 Å². The maximum absolute atomic E-state index is 9.17. The maximum Gasteiger partial charge on any atom is 1.00 e. The predicted octanol–water partition coefficient (Wildman–Crippen LogP) is -0.914. The van der Waals surface area contributed by atoms with Gasteiger partial charge in [-0.2, -0.15) is 36.4 Å². The van der Waals surface area contributed by atoms with Gasteiger partial charge in [-0.25, -0.2) is 0 Å². The first-order chi connectivity index (χ1) is 4.91. The van der Waals surface area contributed by atoms with Gasteiger partial charge in [0.25, 0.3) is 0 Å². The first-order valence-corrected chi connectivity index (χ1v) is 3.26. The van der Waals surface area contributed by atoms with E-state index in [1.807, 2.05) is 37.3 Å². The third-order valence-electron chi connectivity index (χ3n) is 0.774. The van der Waals surface area contributed by atoms with Crippen LogP contribution in [0.3, 0.4) is 0 Å². The number of carbonyl (C=O) groups is 1. The predicted molar refractivity (Wildman–Crippen MR) is 41.6 cm³/mol. The van der Waals surface area contributed by atoms with Crippen molar-refractivity contribution in [1.82, 2.24) is 0 Å². The SMILES string of the molecule is CCC=O.[Na+].[c-]1ccccc1. The molecule has 0 unspecified atom stereocenters. The summed E-state index contributed by atoms with van der Waals surface area (Å²) in [6, 6.07) is 12.5. The van der Waals surface area contributed by atoms with Crippen molar-refractivity contribution in [2.45, 2.75) is 13.3 Å². The van der Waals surface area contributed by atoms with Crippen LogP contribution in [0.25, 0.3) is 0 Å². The third-order valence-corrected chi connectivity index (χ3v) is 0.774. The summed E-state index contributed by atoms with van der Waals surface area (Å²) in [6.45, 7) is 1.81. The summed E-state index contributed by atoms with van der Waals surface area (Å²) in [5.74, 6) is 0. The fourth-order valence-corrected chi connectivity index (χ4v) is 0.342. The molecule has 1 aromatic rings. The molecule has 0 amide bonds. The Morgan fingerprint density at radius 2 is 1.73 bits per heavy atom. The molecule has 0 aliphatic carbocycles. The number of aldehydes is 1. The molecule has 1 aromatic carbocycles. The Bertz CT molecular complexity index is 124. The molecular formula is C9H11NaO. The number of hydrogen-bond acceptors (Lipinski definition) is 1. The molecular weight excluding hydrogens is 147 g/mol. The minimum atomic E-state index is 0. The first kappa shape index (κ1) is 13.5. The Labute approximate surface area is 90.1 Å². The molecule has 2 heteroatoms. The van der Waals surface area contributed by atoms with Crippen LogP contribution in [0.4, 0.5) is 0 Å². The van der Waals surface area contributed by atoms with Crippen molar-refractivity contribution in [3.63, 3.8) is 0 Å². The topological polar surface area (TPSA) is 17.1 Å². The van der Waals surface area contributed by atoms with E-state index < -0.39 is 0 Å². The van der Waals surface area contributed by atoms with Crippen LogP contribution in [0.1, 0.15) is 13.3 Å². The van der Waals surface area contributed by atoms with Crippen molar-refractivity contribution in [3.05, 3.63) is 36.4 Å². The Kier molecular flexibility index (Phi) is 15.4. The van der Waals surface area contributed by atoms with Gasteiger partial charge in [-0.15, -0.1) is 0 Å². The van der Waals surface area contributed by atoms with Gasteiger partial charge in [-0.05, 0) is 0 Å². The van der Waals surface area contributed by atoms with Crippen molar-refractivity contribution in [3.8, 4) is 0 Å². The van der Waals surface area contributed by atoms with Crippen LogP contribution in [0, 0.1) is 6.07 Å². The molecule has 0 aliphatic heterocycles. The van der Waals surface area contributed by atoms with Gasteiger partial charge in [0.2, 0.25) is 0 Å². The molecule has 11 heavy (non-hydrogen) atoms. The zero-order valence-corrected chi connectivity index (χ0v) is 9.08. The minimum absolute atomic E-state index is 0. The molecule has 0 saturated carbocycles. The van der Waals surface area contributed by atoms with Gasteiger partial charge in [-0.3, -0.25) is 0 Å². The maximum atomic E-state index is 9.17. The molecule has 0 aliphatic rings. The zero-order chi connectivity index (χ0) is 7.66. The Balaban J connectivity index is 0. The smallest absolute Gasteiger partial charge is 0.303 e. The molecule has 0 bridgehead atoms. The third kappa shape index (κ3) is 13.0. The average Bonchev–Trinajstić information content (AvgIpc) is 2.08. The molecule has 0 aromatic heterocycles. The summed E-state index contributed by atoms with van der Waals surface area (Å²) in [5, 5.41) is 0. The molecule has 0 atom stereocenters. The van der Waals surface area contributed by atoms with E-state index in [9.17, 15) is 4.79 Å². The average molecular weight is 158 g/mol. The van der Waals surface area contributed by atoms with Gasteiger partial charge in [0.05, 0.1) is 0 Å². The zero-order valence-electron chi connectivity index (χ0n) is 7.08. The van der Waals surface area contributed by atoms with E-state index in [0.29, 0.717) is 6.42 Å². The monoisotopic (exact) mass is 158 g/mol. The Morgan fingerprint density at radius 3 is 1.82 bits per heavy atom. The standard InChI is InChI=1S/C6H5.C3H6O.Na/c1-2-4-6-5-3-1;1-2-3-4;/h1-5H;3H,2H2,1H3;/q-1;;+1. The number of hydrogen-bond donors (Lipinski definition) is 0. The van der Waals surface area contributed by atoms with Crippen LogP contribution in [-0.4, -0.2) is 6.29 Å². The second-order valence-electron chi connectivity index (χ2n) is 1.65. The number of carbonyl (C=O) groups excluding carboxylic acids is 1. The second kappa shape index (κ2) is 12.6. The molecule has 0 spiro atoms. The van der Waals surface area contributed by atoms with Gasteiger partial charge >= 0.3 is 29.6 Å². The molecule has 0 saturated heterocycles. The molecule has 54 valence electrons. The van der Waals surface area contributed by atoms with Crippen LogP contribution < -0.4 is 29.6 Å². The molecule has 0 radical (unpaired) electrons. The van der Waals surface area contributed by atoms with Gasteiger partial charge < -0.3 is 4.79 Å². The van der Waals surface area contributed by atoms with Crippen molar-refractivity contribution >= 4 is 6.29 Å². The van der Waals surface area contributed by atoms with Crippen LogP contribution in [0.2, 0.25) is 0 Å². The summed E-state index contributed by atoms with van der Waals surface area (Å²) in [6.07, 6.45) is 1.51. The molecule has 0 fully saturated rings. The van der Waals surface area contributed by atoms with Crippen LogP contribution in [0.15, 0.2) is 30.3 Å². The summed E-state index contributed by atoms with van der Waals surface area (Å²) in [5.41, 5.74) is 0. The van der Waals surface area contributed by atoms with E-state index in [4.69, 9.17) is 0 Å². The van der Waals surface area contributed by atoms with Crippen molar-refractivity contribution < 1.29 is 34.4 Å². The van der Waals surface area contributed by atoms with Crippen LogP contribution >= 0.6 is 0 Å². The van der Waals surface area contributed by atoms with Crippen molar-refractivity contribution in [2.24, 2.45) is 0 Å². The van der Waals surface area contributed by atoms with Crippen LogP contribution in [-0.2, 0) is 4.79 Å². The summed E-state index contributed by atoms with van der Waals surface area (Å²) in [7, 11) is 0. The fraction of sp³-hybridized carbons (Fsp3) is 0.222.